The van der Waals surface area contributed by atoms with E-state index in [1.165, 1.54) is 0 Å². The number of hydrogen-bond donors (Lipinski definition) is 3. The first kappa shape index (κ1) is 18.5. The van der Waals surface area contributed by atoms with Crippen LogP contribution in [-0.2, 0) is 9.47 Å². The van der Waals surface area contributed by atoms with Crippen LogP contribution >= 0.6 is 0 Å². The molecule has 0 aromatic rings. The fraction of sp³-hybridized carbons (Fsp3) is 0.909. The molecule has 0 aliphatic carbocycles. The van der Waals surface area contributed by atoms with E-state index in [4.69, 9.17) is 15.9 Å². The Morgan fingerprint density at radius 3 is 2.06 bits per heavy atom. The van der Waals surface area contributed by atoms with Gasteiger partial charge in [-0.2, -0.15) is 0 Å². The van der Waals surface area contributed by atoms with Crippen molar-refractivity contribution in [1.82, 2.24) is 0 Å². The summed E-state index contributed by atoms with van der Waals surface area (Å²) in [6.45, 7) is 6.20. The van der Waals surface area contributed by atoms with Gasteiger partial charge in [0.25, 0.3) is 6.48 Å². The number of carbonyl (C=O) groups excluding carboxylic acids is 1. The molecule has 4 N–H and O–H groups in total. The van der Waals surface area contributed by atoms with Gasteiger partial charge in [-0.15, -0.1) is 0 Å². The molecule has 0 heterocycles. The number of rotatable bonds is 5. The zero-order valence-electron chi connectivity index (χ0n) is 11.1. The quantitative estimate of drug-likeness (QED) is 0.505. The van der Waals surface area contributed by atoms with Crippen LogP contribution in [-0.4, -0.2) is 35.0 Å². The number of aliphatic hydroxyl groups is 2. The molecule has 0 rings (SSSR count). The minimum Gasteiger partial charge on any atom is -0.444 e. The Balaban J connectivity index is 0. The van der Waals surface area contributed by atoms with Crippen molar-refractivity contribution in [2.75, 3.05) is 6.61 Å². The van der Waals surface area contributed by atoms with E-state index in [0.717, 1.165) is 19.3 Å². The van der Waals surface area contributed by atoms with Gasteiger partial charge >= 0.3 is 6.09 Å². The Labute approximate surface area is 103 Å². The lowest BCUT2D eigenvalue weighted by molar-refractivity contribution is -0.234. The second kappa shape index (κ2) is 10.3. The molecule has 0 saturated heterocycles. The Kier molecular flexibility index (Phi) is 11.2. The van der Waals surface area contributed by atoms with Crippen LogP contribution in [0.15, 0.2) is 0 Å². The van der Waals surface area contributed by atoms with Crippen molar-refractivity contribution in [3.8, 4) is 0 Å². The topological polar surface area (TPSA) is 102 Å². The predicted molar refractivity (Wildman–Crippen MR) is 64.1 cm³/mol. The fourth-order valence-corrected chi connectivity index (χ4v) is 0.843. The Bertz CT molecular complexity index is 189. The molecule has 0 spiro atoms. The van der Waals surface area contributed by atoms with Crippen molar-refractivity contribution >= 4 is 6.09 Å². The zero-order valence-corrected chi connectivity index (χ0v) is 11.1. The van der Waals surface area contributed by atoms with Crippen molar-refractivity contribution in [3.05, 3.63) is 0 Å². The average molecular weight is 251 g/mol. The number of unbranched alkanes of at least 4 members (excludes halogenated alkanes) is 2. The average Bonchev–Trinajstić information content (AvgIpc) is 2.09. The van der Waals surface area contributed by atoms with Gasteiger partial charge in [0.15, 0.2) is 0 Å². The summed E-state index contributed by atoms with van der Waals surface area (Å²) in [5, 5.41) is 16.4. The van der Waals surface area contributed by atoms with E-state index >= 15 is 0 Å². The second-order valence-corrected chi connectivity index (χ2v) is 4.44. The van der Waals surface area contributed by atoms with Gasteiger partial charge in [-0.3, -0.25) is 0 Å². The molecule has 0 unspecified atom stereocenters. The molecule has 0 aliphatic heterocycles. The maximum Gasteiger partial charge on any atom is 0.405 e. The van der Waals surface area contributed by atoms with Crippen LogP contribution in [0.5, 0.6) is 0 Å². The molecule has 0 aromatic carbocycles. The molecule has 104 valence electrons. The Morgan fingerprint density at radius 2 is 1.82 bits per heavy atom. The third-order valence-corrected chi connectivity index (χ3v) is 1.42. The van der Waals surface area contributed by atoms with Crippen LogP contribution in [0, 0.1) is 0 Å². The molecule has 17 heavy (non-hydrogen) atoms. The van der Waals surface area contributed by atoms with E-state index < -0.39 is 18.2 Å². The lowest BCUT2D eigenvalue weighted by Crippen LogP contribution is -2.27. The third-order valence-electron chi connectivity index (χ3n) is 1.42. The molecule has 0 bridgehead atoms. The number of nitrogens with two attached hydrogens (primary N) is 1. The van der Waals surface area contributed by atoms with Crippen molar-refractivity contribution < 1.29 is 24.5 Å². The van der Waals surface area contributed by atoms with E-state index in [0.29, 0.717) is 6.61 Å². The number of ether oxygens (including phenoxy) is 2. The van der Waals surface area contributed by atoms with Crippen molar-refractivity contribution in [1.29, 1.82) is 0 Å². The molecule has 0 fully saturated rings. The Morgan fingerprint density at radius 1 is 1.29 bits per heavy atom. The SMILES string of the molecule is CC(C)(C)OC(N)=O.CCCCCOC(O)O. The van der Waals surface area contributed by atoms with Gasteiger partial charge in [-0.25, -0.2) is 4.79 Å². The summed E-state index contributed by atoms with van der Waals surface area (Å²) in [4.78, 5) is 10.0. The largest absolute Gasteiger partial charge is 0.444 e. The highest BCUT2D eigenvalue weighted by atomic mass is 16.7. The van der Waals surface area contributed by atoms with E-state index in [1.807, 2.05) is 0 Å². The third kappa shape index (κ3) is 25.4. The normalized spacial score (nSPS) is 10.8. The van der Waals surface area contributed by atoms with Crippen LogP contribution in [0.25, 0.3) is 0 Å². The predicted octanol–water partition coefficient (Wildman–Crippen LogP) is 1.34. The summed E-state index contributed by atoms with van der Waals surface area (Å²) in [7, 11) is 0. The summed E-state index contributed by atoms with van der Waals surface area (Å²) >= 11 is 0. The number of carbonyl (C=O) groups is 1. The molecule has 0 aliphatic rings. The number of hydrogen-bond acceptors (Lipinski definition) is 5. The first-order valence-electron chi connectivity index (χ1n) is 5.65. The molecular weight excluding hydrogens is 226 g/mol. The molecule has 0 atom stereocenters. The van der Waals surface area contributed by atoms with E-state index in [9.17, 15) is 4.79 Å². The Hall–Kier alpha value is -0.850. The first-order valence-corrected chi connectivity index (χ1v) is 5.65. The first-order chi connectivity index (χ1) is 7.69. The monoisotopic (exact) mass is 251 g/mol. The van der Waals surface area contributed by atoms with Gasteiger partial charge in [0.2, 0.25) is 0 Å². The smallest absolute Gasteiger partial charge is 0.405 e. The fourth-order valence-electron chi connectivity index (χ4n) is 0.843. The van der Waals surface area contributed by atoms with Gasteiger partial charge in [-0.1, -0.05) is 19.8 Å². The minimum atomic E-state index is -1.60. The van der Waals surface area contributed by atoms with Crippen LogP contribution in [0.2, 0.25) is 0 Å². The number of aliphatic hydroxyl groups excluding tert-OH is 1. The van der Waals surface area contributed by atoms with Gasteiger partial charge in [0.1, 0.15) is 5.60 Å². The van der Waals surface area contributed by atoms with Crippen LogP contribution < -0.4 is 5.73 Å². The molecule has 0 radical (unpaired) electrons. The molecular formula is C11H25NO5. The molecule has 0 saturated carbocycles. The summed E-state index contributed by atoms with van der Waals surface area (Å²) in [6.07, 6.45) is 2.36. The van der Waals surface area contributed by atoms with Gasteiger partial charge < -0.3 is 25.4 Å². The highest BCUT2D eigenvalue weighted by Gasteiger charge is 2.12. The summed E-state index contributed by atoms with van der Waals surface area (Å²) < 4.78 is 9.03. The summed E-state index contributed by atoms with van der Waals surface area (Å²) in [5.41, 5.74) is 4.26. The summed E-state index contributed by atoms with van der Waals surface area (Å²) in [6, 6.07) is 0. The van der Waals surface area contributed by atoms with Crippen LogP contribution in [0.3, 0.4) is 0 Å². The van der Waals surface area contributed by atoms with E-state index in [-0.39, 0.29) is 0 Å². The number of amides is 1. The zero-order chi connectivity index (χ0) is 13.9. The maximum atomic E-state index is 10.0. The summed E-state index contributed by atoms with van der Waals surface area (Å²) in [5.74, 6) is 0. The van der Waals surface area contributed by atoms with Gasteiger partial charge in [0, 0.05) is 0 Å². The van der Waals surface area contributed by atoms with Gasteiger partial charge in [0.05, 0.1) is 6.61 Å². The molecule has 0 aromatic heterocycles. The lowest BCUT2D eigenvalue weighted by Gasteiger charge is -2.16. The highest BCUT2D eigenvalue weighted by molar-refractivity contribution is 5.65. The second-order valence-electron chi connectivity index (χ2n) is 4.44. The molecule has 1 amide bonds. The van der Waals surface area contributed by atoms with E-state index in [2.05, 4.69) is 16.4 Å². The van der Waals surface area contributed by atoms with Crippen LogP contribution in [0.4, 0.5) is 4.79 Å². The van der Waals surface area contributed by atoms with Crippen molar-refractivity contribution in [3.63, 3.8) is 0 Å². The van der Waals surface area contributed by atoms with E-state index in [1.54, 1.807) is 20.8 Å². The highest BCUT2D eigenvalue weighted by Crippen LogP contribution is 2.04. The maximum absolute atomic E-state index is 10.0. The molecule has 6 nitrogen and oxygen atoms in total. The van der Waals surface area contributed by atoms with Crippen molar-refractivity contribution in [2.45, 2.75) is 59.0 Å². The number of primary amides is 1. The minimum absolute atomic E-state index is 0.436. The lowest BCUT2D eigenvalue weighted by atomic mass is 10.2. The molecule has 6 heteroatoms. The van der Waals surface area contributed by atoms with Gasteiger partial charge in [-0.05, 0) is 27.2 Å². The van der Waals surface area contributed by atoms with Crippen LogP contribution in [0.1, 0.15) is 47.0 Å². The van der Waals surface area contributed by atoms with Crippen molar-refractivity contribution in [2.24, 2.45) is 5.73 Å². The standard InChI is InChI=1S/C6H14O3.C5H11NO2/c1-2-3-4-5-9-6(7)8;1-5(2,3)8-4(6)7/h6-8H,2-5H2,1H3;1-3H3,(H2,6,7).